The third-order valence-electron chi connectivity index (χ3n) is 3.91. The van der Waals surface area contributed by atoms with Crippen LogP contribution in [0.2, 0.25) is 0 Å². The number of rotatable bonds is 2. The van der Waals surface area contributed by atoms with Crippen LogP contribution in [-0.2, 0) is 0 Å². The van der Waals surface area contributed by atoms with Gasteiger partial charge in [-0.15, -0.1) is 0 Å². The van der Waals surface area contributed by atoms with Gasteiger partial charge in [0, 0.05) is 5.56 Å². The summed E-state index contributed by atoms with van der Waals surface area (Å²) in [5.41, 5.74) is 3.14. The number of methoxy groups -OCH3 is 1. The first-order chi connectivity index (χ1) is 10.5. The predicted molar refractivity (Wildman–Crippen MR) is 83.9 cm³/mol. The molecule has 0 N–H and O–H groups in total. The summed E-state index contributed by atoms with van der Waals surface area (Å²) in [6, 6.07) is 9.77. The zero-order valence-electron chi connectivity index (χ0n) is 12.6. The Kier molecular flexibility index (Phi) is 3.45. The summed E-state index contributed by atoms with van der Waals surface area (Å²) in [4.78, 5) is 11.9. The third-order valence-corrected chi connectivity index (χ3v) is 3.91. The number of hydrogen-bond donors (Lipinski definition) is 0. The molecule has 0 fully saturated rings. The number of benzene rings is 2. The summed E-state index contributed by atoms with van der Waals surface area (Å²) in [5, 5.41) is 0.783. The molecule has 22 heavy (non-hydrogen) atoms. The van der Waals surface area contributed by atoms with E-state index >= 15 is 0 Å². The van der Waals surface area contributed by atoms with E-state index in [0.29, 0.717) is 16.9 Å². The number of halogens is 1. The maximum atomic E-state index is 13.1. The van der Waals surface area contributed by atoms with Crippen LogP contribution >= 0.6 is 0 Å². The van der Waals surface area contributed by atoms with Gasteiger partial charge in [-0.2, -0.15) is 0 Å². The lowest BCUT2D eigenvalue weighted by molar-refractivity contribution is 0.418. The smallest absolute Gasteiger partial charge is 0.339 e. The topological polar surface area (TPSA) is 39.4 Å². The Morgan fingerprint density at radius 3 is 2.32 bits per heavy atom. The fourth-order valence-electron chi connectivity index (χ4n) is 2.53. The average Bonchev–Trinajstić information content (AvgIpc) is 2.52. The molecule has 0 aliphatic rings. The normalized spacial score (nSPS) is 10.9. The molecule has 2 aromatic carbocycles. The molecule has 1 aromatic heterocycles. The molecule has 0 amide bonds. The van der Waals surface area contributed by atoms with Gasteiger partial charge in [-0.25, -0.2) is 9.18 Å². The second-order valence-electron chi connectivity index (χ2n) is 5.20. The maximum absolute atomic E-state index is 13.1. The number of hydrogen-bond acceptors (Lipinski definition) is 3. The molecule has 112 valence electrons. The van der Waals surface area contributed by atoms with Crippen molar-refractivity contribution in [3.05, 3.63) is 63.8 Å². The van der Waals surface area contributed by atoms with Gasteiger partial charge in [0.2, 0.25) is 0 Å². The van der Waals surface area contributed by atoms with Gasteiger partial charge >= 0.3 is 5.63 Å². The maximum Gasteiger partial charge on any atom is 0.339 e. The number of aryl methyl sites for hydroxylation is 1. The van der Waals surface area contributed by atoms with Crippen LogP contribution in [0.25, 0.3) is 22.1 Å². The number of ether oxygens (including phenoxy) is 1. The van der Waals surface area contributed by atoms with Crippen molar-refractivity contribution >= 4 is 11.0 Å². The minimum Gasteiger partial charge on any atom is -0.496 e. The van der Waals surface area contributed by atoms with E-state index in [9.17, 15) is 9.18 Å². The third kappa shape index (κ3) is 2.26. The van der Waals surface area contributed by atoms with E-state index in [1.807, 2.05) is 13.0 Å². The molecule has 3 aromatic rings. The van der Waals surface area contributed by atoms with Gasteiger partial charge in [0.15, 0.2) is 0 Å². The summed E-state index contributed by atoms with van der Waals surface area (Å²) >= 11 is 0. The highest BCUT2D eigenvalue weighted by Gasteiger charge is 2.14. The molecule has 3 rings (SSSR count). The molecular formula is C18H15FO3. The zero-order valence-corrected chi connectivity index (χ0v) is 12.6. The molecule has 1 heterocycles. The fourth-order valence-corrected chi connectivity index (χ4v) is 2.53. The molecule has 0 bridgehead atoms. The first kappa shape index (κ1) is 14.3. The van der Waals surface area contributed by atoms with Crippen LogP contribution in [0, 0.1) is 19.7 Å². The Balaban J connectivity index is 2.33. The van der Waals surface area contributed by atoms with Crippen molar-refractivity contribution in [2.45, 2.75) is 13.8 Å². The van der Waals surface area contributed by atoms with E-state index in [1.165, 1.54) is 12.1 Å². The molecule has 0 aliphatic carbocycles. The highest BCUT2D eigenvalue weighted by molar-refractivity contribution is 5.91. The average molecular weight is 298 g/mol. The SMILES string of the molecule is COc1cc(-c2ccc(F)cc2)cc2oc(=O)c(C)c(C)c12. The minimum atomic E-state index is -0.358. The van der Waals surface area contributed by atoms with Crippen LogP contribution in [0.4, 0.5) is 4.39 Å². The molecule has 0 spiro atoms. The second-order valence-corrected chi connectivity index (χ2v) is 5.20. The minimum absolute atomic E-state index is 0.297. The monoisotopic (exact) mass is 298 g/mol. The van der Waals surface area contributed by atoms with Gasteiger partial charge in [-0.05, 0) is 54.8 Å². The highest BCUT2D eigenvalue weighted by atomic mass is 19.1. The zero-order chi connectivity index (χ0) is 15.9. The molecule has 0 saturated heterocycles. The van der Waals surface area contributed by atoms with Crippen molar-refractivity contribution in [2.75, 3.05) is 7.11 Å². The molecule has 0 unspecified atom stereocenters. The highest BCUT2D eigenvalue weighted by Crippen LogP contribution is 2.34. The number of fused-ring (bicyclic) bond motifs is 1. The van der Waals surface area contributed by atoms with Gasteiger partial charge < -0.3 is 9.15 Å². The Labute approximate surface area is 127 Å². The van der Waals surface area contributed by atoms with Crippen LogP contribution in [0.15, 0.2) is 45.6 Å². The van der Waals surface area contributed by atoms with E-state index < -0.39 is 0 Å². The van der Waals surface area contributed by atoms with Crippen LogP contribution in [-0.4, -0.2) is 7.11 Å². The summed E-state index contributed by atoms with van der Waals surface area (Å²) in [6.45, 7) is 3.60. The second kappa shape index (κ2) is 5.30. The van der Waals surface area contributed by atoms with Gasteiger partial charge in [-0.3, -0.25) is 0 Å². The van der Waals surface area contributed by atoms with Crippen molar-refractivity contribution in [1.29, 1.82) is 0 Å². The van der Waals surface area contributed by atoms with Crippen LogP contribution in [0.1, 0.15) is 11.1 Å². The van der Waals surface area contributed by atoms with Gasteiger partial charge in [-0.1, -0.05) is 12.1 Å². The van der Waals surface area contributed by atoms with Crippen LogP contribution < -0.4 is 10.4 Å². The molecule has 0 saturated carbocycles. The molecule has 0 atom stereocenters. The molecule has 3 nitrogen and oxygen atoms in total. The first-order valence-corrected chi connectivity index (χ1v) is 6.89. The van der Waals surface area contributed by atoms with Gasteiger partial charge in [0.05, 0.1) is 12.5 Å². The van der Waals surface area contributed by atoms with Crippen molar-refractivity contribution in [2.24, 2.45) is 0 Å². The van der Waals surface area contributed by atoms with Crippen molar-refractivity contribution in [3.63, 3.8) is 0 Å². The molecule has 4 heteroatoms. The molecule has 0 radical (unpaired) electrons. The van der Waals surface area contributed by atoms with Gasteiger partial charge in [0.25, 0.3) is 0 Å². The Morgan fingerprint density at radius 1 is 1.00 bits per heavy atom. The lowest BCUT2D eigenvalue weighted by Crippen LogP contribution is -2.06. The van der Waals surface area contributed by atoms with Crippen LogP contribution in [0.5, 0.6) is 5.75 Å². The quantitative estimate of drug-likeness (QED) is 0.665. The van der Waals surface area contributed by atoms with Crippen molar-refractivity contribution in [3.8, 4) is 16.9 Å². The summed E-state index contributed by atoms with van der Waals surface area (Å²) in [5.74, 6) is 0.329. The lowest BCUT2D eigenvalue weighted by Gasteiger charge is -2.12. The Hall–Kier alpha value is -2.62. The summed E-state index contributed by atoms with van der Waals surface area (Å²) in [6.07, 6.45) is 0. The molecule has 0 aliphatic heterocycles. The van der Waals surface area contributed by atoms with E-state index in [1.54, 1.807) is 32.2 Å². The summed E-state index contributed by atoms with van der Waals surface area (Å²) < 4.78 is 23.9. The van der Waals surface area contributed by atoms with E-state index in [0.717, 1.165) is 22.1 Å². The van der Waals surface area contributed by atoms with E-state index in [-0.39, 0.29) is 11.4 Å². The lowest BCUT2D eigenvalue weighted by atomic mass is 10.00. The fraction of sp³-hybridized carbons (Fsp3) is 0.167. The van der Waals surface area contributed by atoms with E-state index in [2.05, 4.69) is 0 Å². The summed E-state index contributed by atoms with van der Waals surface area (Å²) in [7, 11) is 1.57. The Morgan fingerprint density at radius 2 is 1.68 bits per heavy atom. The first-order valence-electron chi connectivity index (χ1n) is 6.89. The predicted octanol–water partition coefficient (Wildman–Crippen LogP) is 4.22. The van der Waals surface area contributed by atoms with E-state index in [4.69, 9.17) is 9.15 Å². The van der Waals surface area contributed by atoms with Crippen molar-refractivity contribution < 1.29 is 13.5 Å². The largest absolute Gasteiger partial charge is 0.496 e. The van der Waals surface area contributed by atoms with Crippen LogP contribution in [0.3, 0.4) is 0 Å². The standard InChI is InChI=1S/C18H15FO3/c1-10-11(2)18(20)22-16-9-13(8-15(21-3)17(10)16)12-4-6-14(19)7-5-12/h4-9H,1-3H3. The molecular weight excluding hydrogens is 283 g/mol. The Bertz CT molecular complexity index is 908. The van der Waals surface area contributed by atoms with Gasteiger partial charge in [0.1, 0.15) is 17.1 Å². The van der Waals surface area contributed by atoms with Crippen molar-refractivity contribution in [1.82, 2.24) is 0 Å².